The highest BCUT2D eigenvalue weighted by Crippen LogP contribution is 2.59. The van der Waals surface area contributed by atoms with Crippen LogP contribution in [0.15, 0.2) is 12.7 Å². The molecule has 3 rings (SSSR count). The Morgan fingerprint density at radius 2 is 2.00 bits per heavy atom. The highest BCUT2D eigenvalue weighted by molar-refractivity contribution is 5.98. The van der Waals surface area contributed by atoms with Gasteiger partial charge in [0.05, 0.1) is 24.5 Å². The number of ether oxygens (including phenoxy) is 2. The van der Waals surface area contributed by atoms with Gasteiger partial charge in [0.2, 0.25) is 11.8 Å². The third-order valence-electron chi connectivity index (χ3n) is 7.42. The van der Waals surface area contributed by atoms with Crippen molar-refractivity contribution in [1.82, 2.24) is 9.80 Å². The van der Waals surface area contributed by atoms with Gasteiger partial charge in [-0.2, -0.15) is 0 Å². The second-order valence-electron chi connectivity index (χ2n) is 11.7. The van der Waals surface area contributed by atoms with Gasteiger partial charge in [0.15, 0.2) is 0 Å². The lowest BCUT2D eigenvalue weighted by Crippen LogP contribution is -2.61. The van der Waals surface area contributed by atoms with Gasteiger partial charge in [0.25, 0.3) is 0 Å². The Bertz CT molecular complexity index is 819. The first kappa shape index (κ1) is 26.7. The van der Waals surface area contributed by atoms with Crippen LogP contribution in [0.3, 0.4) is 0 Å². The molecule has 0 radical (unpaired) electrons. The minimum absolute atomic E-state index is 0.0244. The second kappa shape index (κ2) is 9.61. The van der Waals surface area contributed by atoms with Crippen LogP contribution in [0.25, 0.3) is 0 Å². The predicted molar refractivity (Wildman–Crippen MR) is 128 cm³/mol. The second-order valence-corrected chi connectivity index (χ2v) is 11.7. The van der Waals surface area contributed by atoms with E-state index in [0.29, 0.717) is 25.8 Å². The van der Waals surface area contributed by atoms with Crippen molar-refractivity contribution >= 4 is 17.8 Å². The van der Waals surface area contributed by atoms with E-state index in [-0.39, 0.29) is 37.0 Å². The number of aliphatic hydroxyl groups is 1. The van der Waals surface area contributed by atoms with Crippen LogP contribution < -0.4 is 0 Å². The van der Waals surface area contributed by atoms with E-state index in [9.17, 15) is 19.5 Å². The molecule has 2 unspecified atom stereocenters. The number of hydrogen-bond donors (Lipinski definition) is 1. The molecule has 3 aliphatic rings. The van der Waals surface area contributed by atoms with E-state index >= 15 is 0 Å². The number of likely N-dealkylation sites (tertiary alicyclic amines) is 1. The molecule has 1 N–H and O–H groups in total. The summed E-state index contributed by atoms with van der Waals surface area (Å²) >= 11 is 0. The van der Waals surface area contributed by atoms with Gasteiger partial charge in [-0.1, -0.05) is 26.8 Å². The summed E-state index contributed by atoms with van der Waals surface area (Å²) in [5, 5.41) is 9.48. The molecular formula is C26H42N2O6. The fourth-order valence-corrected chi connectivity index (χ4v) is 6.73. The van der Waals surface area contributed by atoms with Crippen molar-refractivity contribution in [2.45, 2.75) is 90.5 Å². The molecule has 2 amide bonds. The molecule has 3 fully saturated rings. The summed E-state index contributed by atoms with van der Waals surface area (Å²) in [4.78, 5) is 44.3. The van der Waals surface area contributed by atoms with Gasteiger partial charge in [-0.15, -0.1) is 6.58 Å². The topological polar surface area (TPSA) is 96.4 Å². The van der Waals surface area contributed by atoms with Gasteiger partial charge in [-0.3, -0.25) is 14.4 Å². The van der Waals surface area contributed by atoms with Crippen molar-refractivity contribution in [1.29, 1.82) is 0 Å². The van der Waals surface area contributed by atoms with E-state index in [2.05, 4.69) is 27.4 Å². The maximum atomic E-state index is 14.3. The number of amides is 2. The van der Waals surface area contributed by atoms with Gasteiger partial charge in [0.1, 0.15) is 11.6 Å². The first-order chi connectivity index (χ1) is 15.8. The summed E-state index contributed by atoms with van der Waals surface area (Å²) in [5.41, 5.74) is -1.58. The highest BCUT2D eigenvalue weighted by Gasteiger charge is 2.75. The number of esters is 1. The van der Waals surface area contributed by atoms with Crippen molar-refractivity contribution in [3.63, 3.8) is 0 Å². The number of carbonyl (C=O) groups is 3. The third-order valence-corrected chi connectivity index (χ3v) is 7.42. The number of fused-ring (bicyclic) bond motifs is 1. The van der Waals surface area contributed by atoms with E-state index in [0.717, 1.165) is 6.42 Å². The first-order valence-corrected chi connectivity index (χ1v) is 12.5. The summed E-state index contributed by atoms with van der Waals surface area (Å²) in [6, 6.07) is -0.847. The number of carbonyl (C=O) groups excluding carboxylic acids is 3. The fourth-order valence-electron chi connectivity index (χ4n) is 6.73. The maximum absolute atomic E-state index is 14.3. The zero-order valence-electron chi connectivity index (χ0n) is 21.6. The van der Waals surface area contributed by atoms with Crippen LogP contribution in [-0.2, 0) is 23.9 Å². The number of rotatable bonds is 10. The van der Waals surface area contributed by atoms with Crippen LogP contribution in [-0.4, -0.2) is 82.3 Å². The zero-order chi connectivity index (χ0) is 25.5. The molecular weight excluding hydrogens is 436 g/mol. The van der Waals surface area contributed by atoms with Crippen LogP contribution in [0.2, 0.25) is 0 Å². The molecule has 3 heterocycles. The van der Waals surface area contributed by atoms with Crippen LogP contribution in [0, 0.1) is 17.3 Å². The third kappa shape index (κ3) is 4.51. The molecule has 5 atom stereocenters. The lowest BCUT2D eigenvalue weighted by Gasteiger charge is -2.45. The number of aliphatic hydroxyl groups excluding tert-OH is 1. The van der Waals surface area contributed by atoms with Gasteiger partial charge in [0, 0.05) is 25.2 Å². The molecule has 3 saturated heterocycles. The summed E-state index contributed by atoms with van der Waals surface area (Å²) < 4.78 is 11.7. The van der Waals surface area contributed by atoms with Crippen molar-refractivity contribution in [3.05, 3.63) is 12.7 Å². The molecule has 0 aromatic carbocycles. The van der Waals surface area contributed by atoms with Crippen LogP contribution in [0.1, 0.15) is 67.2 Å². The minimum Gasteiger partial charge on any atom is -0.466 e. The van der Waals surface area contributed by atoms with Gasteiger partial charge in [-0.05, 0) is 51.9 Å². The van der Waals surface area contributed by atoms with Gasteiger partial charge < -0.3 is 24.4 Å². The Hall–Kier alpha value is -1.93. The summed E-state index contributed by atoms with van der Waals surface area (Å²) in [7, 11) is 0. The predicted octanol–water partition coefficient (Wildman–Crippen LogP) is 2.54. The molecule has 0 aliphatic carbocycles. The molecule has 8 nitrogen and oxygen atoms in total. The fraction of sp³-hybridized carbons (Fsp3) is 0.808. The van der Waals surface area contributed by atoms with E-state index in [1.807, 2.05) is 13.8 Å². The highest BCUT2D eigenvalue weighted by atomic mass is 16.6. The Labute approximate surface area is 203 Å². The Balaban J connectivity index is 2.04. The molecule has 0 aromatic rings. The quantitative estimate of drug-likeness (QED) is 0.383. The zero-order valence-corrected chi connectivity index (χ0v) is 21.6. The van der Waals surface area contributed by atoms with Crippen molar-refractivity contribution in [2.24, 2.45) is 17.3 Å². The smallest absolute Gasteiger partial charge is 0.312 e. The monoisotopic (exact) mass is 478 g/mol. The first-order valence-electron chi connectivity index (χ1n) is 12.5. The molecule has 192 valence electrons. The van der Waals surface area contributed by atoms with Gasteiger partial charge >= 0.3 is 5.97 Å². The molecule has 8 heteroatoms. The molecule has 34 heavy (non-hydrogen) atoms. The number of hydrogen-bond acceptors (Lipinski definition) is 6. The average molecular weight is 479 g/mol. The minimum atomic E-state index is -1.05. The van der Waals surface area contributed by atoms with Gasteiger partial charge in [-0.25, -0.2) is 0 Å². The maximum Gasteiger partial charge on any atom is 0.312 e. The van der Waals surface area contributed by atoms with E-state index in [1.165, 1.54) is 0 Å². The van der Waals surface area contributed by atoms with Crippen molar-refractivity contribution < 1.29 is 29.0 Å². The van der Waals surface area contributed by atoms with Crippen molar-refractivity contribution in [2.75, 3.05) is 26.3 Å². The van der Waals surface area contributed by atoms with Crippen molar-refractivity contribution in [3.8, 4) is 0 Å². The van der Waals surface area contributed by atoms with E-state index in [4.69, 9.17) is 9.47 Å². The van der Waals surface area contributed by atoms with Crippen LogP contribution in [0.5, 0.6) is 0 Å². The summed E-state index contributed by atoms with van der Waals surface area (Å²) in [5.74, 6) is -2.31. The molecule has 3 aliphatic heterocycles. The SMILES string of the molecule is C=CCN(C(=O)C1N(CCCO)C(=O)[C@@H]2[C@H](C(=O)OCC)[C@@H]3CCC12O3)C(C)(C)CC(C)(C)C. The Morgan fingerprint density at radius 1 is 1.32 bits per heavy atom. The molecule has 0 aromatic heterocycles. The molecule has 1 spiro atoms. The lowest BCUT2D eigenvalue weighted by molar-refractivity contribution is -0.155. The van der Waals surface area contributed by atoms with Crippen LogP contribution >= 0.6 is 0 Å². The lowest BCUT2D eigenvalue weighted by atomic mass is 9.70. The number of nitrogens with zero attached hydrogens (tertiary/aromatic N) is 2. The molecule has 0 saturated carbocycles. The van der Waals surface area contributed by atoms with E-state index in [1.54, 1.807) is 22.8 Å². The largest absolute Gasteiger partial charge is 0.466 e. The summed E-state index contributed by atoms with van der Waals surface area (Å²) in [6.45, 7) is 16.8. The summed E-state index contributed by atoms with van der Waals surface area (Å²) in [6.07, 6.45) is 3.54. The Kier molecular flexibility index (Phi) is 7.54. The van der Waals surface area contributed by atoms with Crippen LogP contribution in [0.4, 0.5) is 0 Å². The standard InChI is InChI=1S/C26H42N2O6/c1-8-13-28(25(6,7)16-24(3,4)5)22(31)20-26-12-11-17(34-26)18(23(32)33-9-2)19(26)21(30)27(20)14-10-15-29/h8,17-20,29H,1,9-16H2,2-7H3/t17-,18+,19-,20?,26?/m0/s1. The van der Waals surface area contributed by atoms with E-state index < -0.39 is 41.1 Å². The molecule has 2 bridgehead atoms. The average Bonchev–Trinajstić information content (AvgIpc) is 3.35. The Morgan fingerprint density at radius 3 is 2.56 bits per heavy atom. The normalized spacial score (nSPS) is 30.4.